The van der Waals surface area contributed by atoms with E-state index in [1.165, 1.54) is 0 Å². The summed E-state index contributed by atoms with van der Waals surface area (Å²) in [4.78, 5) is 0. The van der Waals surface area contributed by atoms with Crippen LogP contribution in [0.4, 0.5) is 0 Å². The highest BCUT2D eigenvalue weighted by Gasteiger charge is 2.18. The van der Waals surface area contributed by atoms with Crippen LogP contribution in [0.15, 0.2) is 18.2 Å². The average Bonchev–Trinajstić information content (AvgIpc) is 2.31. The quantitative estimate of drug-likeness (QED) is 0.836. The summed E-state index contributed by atoms with van der Waals surface area (Å²) in [5.74, 6) is 0.970. The minimum absolute atomic E-state index is 0.145. The van der Waals surface area contributed by atoms with Gasteiger partial charge in [0, 0.05) is 11.1 Å². The number of aliphatic hydroxyl groups excluding tert-OH is 1. The second kappa shape index (κ2) is 6.98. The second-order valence-corrected chi connectivity index (χ2v) is 5.11. The number of halogens is 1. The molecule has 3 nitrogen and oxygen atoms in total. The zero-order valence-corrected chi connectivity index (χ0v) is 11.9. The van der Waals surface area contributed by atoms with Crippen molar-refractivity contribution in [3.8, 4) is 5.75 Å². The van der Waals surface area contributed by atoms with Crippen LogP contribution in [-0.4, -0.2) is 23.9 Å². The summed E-state index contributed by atoms with van der Waals surface area (Å²) >= 11 is 6.02. The van der Waals surface area contributed by atoms with Crippen LogP contribution >= 0.6 is 11.6 Å². The van der Waals surface area contributed by atoms with Crippen molar-refractivity contribution in [1.29, 1.82) is 0 Å². The van der Waals surface area contributed by atoms with E-state index in [-0.39, 0.29) is 12.0 Å². The molecule has 0 amide bonds. The van der Waals surface area contributed by atoms with Crippen LogP contribution in [-0.2, 0) is 0 Å². The molecule has 1 aromatic rings. The van der Waals surface area contributed by atoms with Gasteiger partial charge in [0.15, 0.2) is 0 Å². The first kappa shape index (κ1) is 15.3. The fraction of sp³-hybridized carbons (Fsp3) is 0.571. The van der Waals surface area contributed by atoms with Gasteiger partial charge in [-0.25, -0.2) is 0 Å². The van der Waals surface area contributed by atoms with Gasteiger partial charge in [-0.1, -0.05) is 18.5 Å². The van der Waals surface area contributed by atoms with Gasteiger partial charge in [0.25, 0.3) is 0 Å². The summed E-state index contributed by atoms with van der Waals surface area (Å²) in [5, 5.41) is 10.5. The van der Waals surface area contributed by atoms with E-state index >= 15 is 0 Å². The molecule has 3 atom stereocenters. The molecule has 1 rings (SSSR count). The Hall–Kier alpha value is -0.770. The summed E-state index contributed by atoms with van der Waals surface area (Å²) < 4.78 is 5.58. The van der Waals surface area contributed by atoms with E-state index in [9.17, 15) is 5.11 Å². The van der Waals surface area contributed by atoms with Crippen LogP contribution in [0.3, 0.4) is 0 Å². The molecule has 102 valence electrons. The Morgan fingerprint density at radius 3 is 2.61 bits per heavy atom. The molecule has 0 spiro atoms. The molecule has 3 unspecified atom stereocenters. The molecule has 1 aromatic carbocycles. The molecule has 0 saturated heterocycles. The molecule has 18 heavy (non-hydrogen) atoms. The lowest BCUT2D eigenvalue weighted by molar-refractivity contribution is 0.134. The lowest BCUT2D eigenvalue weighted by Gasteiger charge is -2.21. The standard InChI is InChI=1S/C14H22ClNO2/c1-4-18-14-6-5-11(15)8-12(14)9(2)7-13(17)10(3)16/h5-6,8-10,13,17H,4,7,16H2,1-3H3. The van der Waals surface area contributed by atoms with Crippen LogP contribution in [0.5, 0.6) is 5.75 Å². The van der Waals surface area contributed by atoms with E-state index in [4.69, 9.17) is 22.1 Å². The van der Waals surface area contributed by atoms with Crippen molar-refractivity contribution in [2.75, 3.05) is 6.61 Å². The number of benzene rings is 1. The molecule has 0 heterocycles. The monoisotopic (exact) mass is 271 g/mol. The molecular weight excluding hydrogens is 250 g/mol. The third-order valence-electron chi connectivity index (χ3n) is 3.00. The third kappa shape index (κ3) is 4.16. The molecule has 0 aromatic heterocycles. The summed E-state index contributed by atoms with van der Waals surface area (Å²) in [7, 11) is 0. The fourth-order valence-electron chi connectivity index (χ4n) is 1.90. The smallest absolute Gasteiger partial charge is 0.122 e. The van der Waals surface area contributed by atoms with Crippen LogP contribution in [0.1, 0.15) is 38.7 Å². The van der Waals surface area contributed by atoms with Crippen molar-refractivity contribution in [3.63, 3.8) is 0 Å². The molecule has 3 N–H and O–H groups in total. The van der Waals surface area contributed by atoms with Crippen molar-refractivity contribution in [2.45, 2.75) is 45.3 Å². The molecular formula is C14H22ClNO2. The Morgan fingerprint density at radius 1 is 1.39 bits per heavy atom. The minimum Gasteiger partial charge on any atom is -0.494 e. The van der Waals surface area contributed by atoms with E-state index in [1.54, 1.807) is 6.92 Å². The maximum atomic E-state index is 9.85. The lowest BCUT2D eigenvalue weighted by atomic mass is 9.92. The number of hydrogen-bond donors (Lipinski definition) is 2. The van der Waals surface area contributed by atoms with Crippen molar-refractivity contribution in [3.05, 3.63) is 28.8 Å². The Balaban J connectivity index is 2.88. The topological polar surface area (TPSA) is 55.5 Å². The van der Waals surface area contributed by atoms with Crippen molar-refractivity contribution in [2.24, 2.45) is 5.73 Å². The number of aliphatic hydroxyl groups is 1. The van der Waals surface area contributed by atoms with Crippen molar-refractivity contribution in [1.82, 2.24) is 0 Å². The van der Waals surface area contributed by atoms with Crippen LogP contribution in [0.25, 0.3) is 0 Å². The molecule has 0 aliphatic heterocycles. The molecule has 0 aliphatic carbocycles. The average molecular weight is 272 g/mol. The Morgan fingerprint density at radius 2 is 2.06 bits per heavy atom. The van der Waals surface area contributed by atoms with E-state index in [1.807, 2.05) is 32.0 Å². The zero-order valence-electron chi connectivity index (χ0n) is 11.2. The molecule has 0 fully saturated rings. The fourth-order valence-corrected chi connectivity index (χ4v) is 2.08. The van der Waals surface area contributed by atoms with Crippen molar-refractivity contribution < 1.29 is 9.84 Å². The molecule has 0 aliphatic rings. The maximum absolute atomic E-state index is 9.85. The number of hydrogen-bond acceptors (Lipinski definition) is 3. The van der Waals surface area contributed by atoms with Gasteiger partial charge in [-0.2, -0.15) is 0 Å². The number of rotatable bonds is 6. The normalized spacial score (nSPS) is 16.1. The van der Waals surface area contributed by atoms with Gasteiger partial charge in [0.2, 0.25) is 0 Å². The molecule has 0 saturated carbocycles. The summed E-state index contributed by atoms with van der Waals surface area (Å²) in [5.41, 5.74) is 6.70. The van der Waals surface area contributed by atoms with E-state index < -0.39 is 6.10 Å². The second-order valence-electron chi connectivity index (χ2n) is 4.68. The van der Waals surface area contributed by atoms with Crippen LogP contribution < -0.4 is 10.5 Å². The number of ether oxygens (including phenoxy) is 1. The Labute approximate surface area is 114 Å². The Kier molecular flexibility index (Phi) is 5.93. The van der Waals surface area contributed by atoms with E-state index in [0.29, 0.717) is 18.1 Å². The van der Waals surface area contributed by atoms with Gasteiger partial charge in [-0.05, 0) is 49.9 Å². The van der Waals surface area contributed by atoms with Gasteiger partial charge in [0.05, 0.1) is 12.7 Å². The first-order valence-electron chi connectivity index (χ1n) is 6.31. The first-order chi connectivity index (χ1) is 8.45. The number of nitrogens with two attached hydrogens (primary N) is 1. The summed E-state index contributed by atoms with van der Waals surface area (Å²) in [6.07, 6.45) is 0.0754. The van der Waals surface area contributed by atoms with Crippen molar-refractivity contribution >= 4 is 11.6 Å². The maximum Gasteiger partial charge on any atom is 0.122 e. The van der Waals surface area contributed by atoms with E-state index in [0.717, 1.165) is 11.3 Å². The third-order valence-corrected chi connectivity index (χ3v) is 3.24. The highest BCUT2D eigenvalue weighted by Crippen LogP contribution is 2.32. The van der Waals surface area contributed by atoms with Crippen LogP contribution in [0.2, 0.25) is 5.02 Å². The van der Waals surface area contributed by atoms with Crippen LogP contribution in [0, 0.1) is 0 Å². The van der Waals surface area contributed by atoms with Gasteiger partial charge < -0.3 is 15.6 Å². The SMILES string of the molecule is CCOc1ccc(Cl)cc1C(C)CC(O)C(C)N. The van der Waals surface area contributed by atoms with Gasteiger partial charge in [-0.15, -0.1) is 0 Å². The minimum atomic E-state index is -0.520. The summed E-state index contributed by atoms with van der Waals surface area (Å²) in [6.45, 7) is 6.40. The highest BCUT2D eigenvalue weighted by atomic mass is 35.5. The molecule has 4 heteroatoms. The molecule has 0 bridgehead atoms. The first-order valence-corrected chi connectivity index (χ1v) is 6.69. The predicted molar refractivity (Wildman–Crippen MR) is 75.3 cm³/mol. The highest BCUT2D eigenvalue weighted by molar-refractivity contribution is 6.30. The van der Waals surface area contributed by atoms with Gasteiger partial charge in [-0.3, -0.25) is 0 Å². The lowest BCUT2D eigenvalue weighted by Crippen LogP contribution is -2.32. The van der Waals surface area contributed by atoms with Gasteiger partial charge >= 0.3 is 0 Å². The molecule has 0 radical (unpaired) electrons. The van der Waals surface area contributed by atoms with Gasteiger partial charge in [0.1, 0.15) is 5.75 Å². The summed E-state index contributed by atoms with van der Waals surface area (Å²) in [6, 6.07) is 5.34. The largest absolute Gasteiger partial charge is 0.494 e. The van der Waals surface area contributed by atoms with E-state index in [2.05, 4.69) is 0 Å². The zero-order chi connectivity index (χ0) is 13.7. The Bertz CT molecular complexity index is 382. The predicted octanol–water partition coefficient (Wildman–Crippen LogP) is 2.94.